The van der Waals surface area contributed by atoms with Crippen LogP contribution in [0.2, 0.25) is 0 Å². The average Bonchev–Trinajstić information content (AvgIpc) is 3.67. The lowest BCUT2D eigenvalue weighted by Gasteiger charge is -2.19. The van der Waals surface area contributed by atoms with E-state index in [0.717, 1.165) is 66.5 Å². The van der Waals surface area contributed by atoms with Gasteiger partial charge in [-0.05, 0) is 82.2 Å². The molecule has 0 bridgehead atoms. The van der Waals surface area contributed by atoms with Crippen molar-refractivity contribution in [2.24, 2.45) is 0 Å². The van der Waals surface area contributed by atoms with Gasteiger partial charge in [-0.15, -0.1) is 0 Å². The first-order chi connectivity index (χ1) is 23.7. The van der Waals surface area contributed by atoms with E-state index in [1.807, 2.05) is 54.6 Å². The quantitative estimate of drug-likeness (QED) is 0.177. The van der Waals surface area contributed by atoms with E-state index in [9.17, 15) is 0 Å². The Kier molecular flexibility index (Phi) is 6.22. The highest BCUT2D eigenvalue weighted by molar-refractivity contribution is 6.12. The molecule has 0 aliphatic rings. The molecule has 0 amide bonds. The van der Waals surface area contributed by atoms with Gasteiger partial charge in [0.25, 0.3) is 0 Å². The lowest BCUT2D eigenvalue weighted by molar-refractivity contribution is 1.18. The van der Waals surface area contributed by atoms with E-state index in [0.29, 0.717) is 11.4 Å². The van der Waals surface area contributed by atoms with E-state index in [1.165, 1.54) is 10.8 Å². The van der Waals surface area contributed by atoms with Gasteiger partial charge < -0.3 is 9.13 Å². The summed E-state index contributed by atoms with van der Waals surface area (Å²) in [6, 6.07) is 54.3. The van der Waals surface area contributed by atoms with Crippen LogP contribution in [0.25, 0.3) is 86.9 Å². The van der Waals surface area contributed by atoms with Gasteiger partial charge in [-0.2, -0.15) is 0 Å². The van der Waals surface area contributed by atoms with E-state index in [2.05, 4.69) is 122 Å². The normalized spacial score (nSPS) is 11.3. The molecule has 48 heavy (non-hydrogen) atoms. The summed E-state index contributed by atoms with van der Waals surface area (Å²) in [6.45, 7) is 16.1. The maximum absolute atomic E-state index is 8.49. The molecule has 9 rings (SSSR count). The fraction of sp³-hybridized carbons (Fsp3) is 0. The van der Waals surface area contributed by atoms with E-state index in [-0.39, 0.29) is 0 Å². The molecule has 0 unspecified atom stereocenters. The zero-order valence-electron chi connectivity index (χ0n) is 25.8. The fourth-order valence-corrected chi connectivity index (χ4v) is 7.24. The van der Waals surface area contributed by atoms with Crippen molar-refractivity contribution in [3.63, 3.8) is 0 Å². The number of aromatic nitrogens is 2. The Morgan fingerprint density at radius 2 is 0.979 bits per heavy atom. The van der Waals surface area contributed by atoms with Crippen LogP contribution in [0.5, 0.6) is 0 Å². The van der Waals surface area contributed by atoms with E-state index in [1.54, 1.807) is 0 Å². The van der Waals surface area contributed by atoms with Crippen LogP contribution in [0.1, 0.15) is 0 Å². The largest absolute Gasteiger partial charge is 0.318 e. The molecule has 7 aromatic carbocycles. The monoisotopic (exact) mass is 610 g/mol. The number of nitrogens with zero attached hydrogens (tertiary/aromatic N) is 4. The first-order valence-electron chi connectivity index (χ1n) is 15.8. The molecule has 9 aromatic rings. The van der Waals surface area contributed by atoms with Gasteiger partial charge in [0.05, 0.1) is 40.9 Å². The van der Waals surface area contributed by atoms with Crippen LogP contribution >= 0.6 is 0 Å². The van der Waals surface area contributed by atoms with Gasteiger partial charge in [-0.25, -0.2) is 9.69 Å². The zero-order chi connectivity index (χ0) is 32.2. The second kappa shape index (κ2) is 10.9. The van der Waals surface area contributed by atoms with Crippen molar-refractivity contribution in [1.29, 1.82) is 0 Å². The number of benzene rings is 7. The van der Waals surface area contributed by atoms with Crippen molar-refractivity contribution in [3.8, 4) is 33.6 Å². The lowest BCUT2D eigenvalue weighted by atomic mass is 9.95. The molecule has 2 heterocycles. The lowest BCUT2D eigenvalue weighted by Crippen LogP contribution is -1.99. The minimum absolute atomic E-state index is 0.561. The summed E-state index contributed by atoms with van der Waals surface area (Å²) >= 11 is 0. The van der Waals surface area contributed by atoms with Crippen LogP contribution in [-0.2, 0) is 0 Å². The van der Waals surface area contributed by atoms with Crippen LogP contribution < -0.4 is 0 Å². The predicted molar refractivity (Wildman–Crippen MR) is 199 cm³/mol. The first-order valence-corrected chi connectivity index (χ1v) is 15.8. The van der Waals surface area contributed by atoms with Gasteiger partial charge in [-0.1, -0.05) is 103 Å². The van der Waals surface area contributed by atoms with E-state index >= 15 is 0 Å². The third-order valence-corrected chi connectivity index (χ3v) is 9.32. The molecule has 0 aliphatic carbocycles. The molecule has 4 nitrogen and oxygen atoms in total. The van der Waals surface area contributed by atoms with Gasteiger partial charge in [0, 0.05) is 21.8 Å². The molecule has 0 aliphatic heterocycles. The number of para-hydroxylation sites is 3. The molecule has 2 aromatic heterocycles. The van der Waals surface area contributed by atoms with Gasteiger partial charge in [0.15, 0.2) is 5.69 Å². The Morgan fingerprint density at radius 1 is 0.396 bits per heavy atom. The predicted octanol–water partition coefficient (Wildman–Crippen LogP) is 12.3. The Morgan fingerprint density at radius 3 is 1.65 bits per heavy atom. The van der Waals surface area contributed by atoms with Crippen LogP contribution in [0, 0.1) is 13.1 Å². The molecular weight excluding hydrogens is 585 g/mol. The third-order valence-electron chi connectivity index (χ3n) is 9.32. The number of rotatable bonds is 4. The molecule has 4 heteroatoms. The molecule has 0 atom stereocenters. The number of hydrogen-bond acceptors (Lipinski definition) is 0. The molecule has 0 spiro atoms. The smallest absolute Gasteiger partial charge is 0.211 e. The fourth-order valence-electron chi connectivity index (χ4n) is 7.24. The maximum Gasteiger partial charge on any atom is 0.211 e. The van der Waals surface area contributed by atoms with Crippen molar-refractivity contribution >= 4 is 55.0 Å². The summed E-state index contributed by atoms with van der Waals surface area (Å²) in [7, 11) is 0. The maximum atomic E-state index is 8.49. The molecule has 0 saturated heterocycles. The Labute approximate surface area is 277 Å². The molecule has 222 valence electrons. The molecule has 0 saturated carbocycles. The number of hydrogen-bond donors (Lipinski definition) is 0. The Balaban J connectivity index is 1.32. The van der Waals surface area contributed by atoms with Crippen molar-refractivity contribution in [1.82, 2.24) is 9.13 Å². The second-order valence-corrected chi connectivity index (χ2v) is 12.0. The van der Waals surface area contributed by atoms with Crippen molar-refractivity contribution in [2.45, 2.75) is 0 Å². The van der Waals surface area contributed by atoms with Gasteiger partial charge >= 0.3 is 0 Å². The second-order valence-electron chi connectivity index (χ2n) is 12.0. The van der Waals surface area contributed by atoms with Crippen LogP contribution in [0.3, 0.4) is 0 Å². The summed E-state index contributed by atoms with van der Waals surface area (Å²) in [5, 5.41) is 4.49. The Bertz CT molecular complexity index is 2750. The summed E-state index contributed by atoms with van der Waals surface area (Å²) in [5.74, 6) is 0. The minimum atomic E-state index is 0.561. The standard InChI is InChI=1S/C44H26N4/c1-45-32-23-24-43-38(28-32)36-19-8-11-22-42(36)48(43)44-37(29-13-4-3-5-14-29)26-31(27-39(44)46-2)30-15-12-16-33(25-30)47-40-20-9-6-17-34(40)35-18-7-10-21-41(35)47/h3-28H. The van der Waals surface area contributed by atoms with Crippen LogP contribution in [-0.4, -0.2) is 9.13 Å². The molecule has 0 fully saturated rings. The van der Waals surface area contributed by atoms with E-state index < -0.39 is 0 Å². The highest BCUT2D eigenvalue weighted by Crippen LogP contribution is 2.44. The Hall–Kier alpha value is -6.88. The topological polar surface area (TPSA) is 18.6 Å². The van der Waals surface area contributed by atoms with Crippen molar-refractivity contribution < 1.29 is 0 Å². The first kappa shape index (κ1) is 27.4. The molecule has 0 N–H and O–H groups in total. The molecule has 0 radical (unpaired) electrons. The van der Waals surface area contributed by atoms with Crippen LogP contribution in [0.15, 0.2) is 158 Å². The highest BCUT2D eigenvalue weighted by Gasteiger charge is 2.21. The SMILES string of the molecule is [C-]#[N+]c1ccc2c(c1)c1ccccc1n2-c1c([N+]#[C-])cc(-c2cccc(-n3c4ccccc4c4ccccc43)c2)cc1-c1ccccc1. The molecular formula is C44H26N4. The van der Waals surface area contributed by atoms with Gasteiger partial charge in [0.1, 0.15) is 0 Å². The van der Waals surface area contributed by atoms with E-state index in [4.69, 9.17) is 13.1 Å². The average molecular weight is 611 g/mol. The van der Waals surface area contributed by atoms with Gasteiger partial charge in [-0.3, -0.25) is 0 Å². The van der Waals surface area contributed by atoms with Gasteiger partial charge in [0.2, 0.25) is 5.69 Å². The number of fused-ring (bicyclic) bond motifs is 6. The van der Waals surface area contributed by atoms with Crippen molar-refractivity contribution in [3.05, 3.63) is 181 Å². The summed E-state index contributed by atoms with van der Waals surface area (Å²) in [4.78, 5) is 7.88. The third kappa shape index (κ3) is 4.14. The van der Waals surface area contributed by atoms with Crippen molar-refractivity contribution in [2.75, 3.05) is 0 Å². The summed E-state index contributed by atoms with van der Waals surface area (Å²) < 4.78 is 4.53. The minimum Gasteiger partial charge on any atom is -0.318 e. The highest BCUT2D eigenvalue weighted by atomic mass is 15.0. The summed E-state index contributed by atoms with van der Waals surface area (Å²) in [6.07, 6.45) is 0. The zero-order valence-corrected chi connectivity index (χ0v) is 25.8. The summed E-state index contributed by atoms with van der Waals surface area (Å²) in [5.41, 5.74) is 11.3. The van der Waals surface area contributed by atoms with Crippen LogP contribution in [0.4, 0.5) is 11.4 Å².